The third-order valence-electron chi connectivity index (χ3n) is 11.0. The van der Waals surface area contributed by atoms with Crippen LogP contribution in [0.5, 0.6) is 0 Å². The number of amidine groups is 2. The van der Waals surface area contributed by atoms with Gasteiger partial charge in [0, 0.05) is 27.6 Å². The van der Waals surface area contributed by atoms with Crippen LogP contribution in [0.25, 0.3) is 27.5 Å². The molecule has 9 aromatic rings. The summed E-state index contributed by atoms with van der Waals surface area (Å²) in [5.41, 5.74) is 10.7. The lowest BCUT2D eigenvalue weighted by atomic mass is 9.65. The molecule has 8 aromatic carbocycles. The van der Waals surface area contributed by atoms with Crippen LogP contribution in [0.1, 0.15) is 45.1 Å². The molecule has 2 heterocycles. The zero-order chi connectivity index (χ0) is 37.3. The van der Waals surface area contributed by atoms with Gasteiger partial charge in [-0.3, -0.25) is 0 Å². The molecular weight excluding hydrogens is 681 g/mol. The predicted molar refractivity (Wildman–Crippen MR) is 231 cm³/mol. The molecule has 4 nitrogen and oxygen atoms in total. The van der Waals surface area contributed by atoms with Gasteiger partial charge >= 0.3 is 0 Å². The minimum absolute atomic E-state index is 0.369. The van der Waals surface area contributed by atoms with E-state index in [2.05, 4.69) is 210 Å². The highest BCUT2D eigenvalue weighted by molar-refractivity contribution is 6.13. The molecule has 1 unspecified atom stereocenters. The predicted octanol–water partition coefficient (Wildman–Crippen LogP) is 11.7. The number of nitrogens with zero attached hydrogens (tertiary/aromatic N) is 3. The summed E-state index contributed by atoms with van der Waals surface area (Å²) in [7, 11) is 0. The number of para-hydroxylation sites is 2. The maximum atomic E-state index is 5.28. The molecule has 0 amide bonds. The van der Waals surface area contributed by atoms with Gasteiger partial charge < -0.3 is 9.88 Å². The van der Waals surface area contributed by atoms with Gasteiger partial charge in [0.05, 0.1) is 16.4 Å². The van der Waals surface area contributed by atoms with Crippen LogP contribution in [0.15, 0.2) is 228 Å². The van der Waals surface area contributed by atoms with Crippen molar-refractivity contribution in [1.29, 1.82) is 0 Å². The van der Waals surface area contributed by atoms with E-state index in [1.807, 2.05) is 18.2 Å². The first-order chi connectivity index (χ1) is 27.8. The van der Waals surface area contributed by atoms with E-state index in [-0.39, 0.29) is 6.17 Å². The Balaban J connectivity index is 1.13. The zero-order valence-corrected chi connectivity index (χ0v) is 30.7. The number of fused-ring (bicyclic) bond motifs is 3. The van der Waals surface area contributed by atoms with Crippen molar-refractivity contribution < 1.29 is 0 Å². The Kier molecular flexibility index (Phi) is 8.42. The second-order valence-corrected chi connectivity index (χ2v) is 14.2. The quantitative estimate of drug-likeness (QED) is 0.156. The van der Waals surface area contributed by atoms with Gasteiger partial charge in [-0.05, 0) is 64.2 Å². The highest BCUT2D eigenvalue weighted by atomic mass is 15.2. The summed E-state index contributed by atoms with van der Waals surface area (Å²) in [5.74, 6) is 1.47. The number of benzene rings is 8. The van der Waals surface area contributed by atoms with Gasteiger partial charge in [-0.15, -0.1) is 0 Å². The minimum Gasteiger partial charge on any atom is -0.344 e. The molecule has 10 rings (SSSR count). The number of hydrogen-bond acceptors (Lipinski definition) is 3. The Morgan fingerprint density at radius 2 is 0.946 bits per heavy atom. The molecule has 0 spiro atoms. The summed E-state index contributed by atoms with van der Waals surface area (Å²) in [4.78, 5) is 10.5. The molecular formula is C52H38N4. The normalized spacial score (nSPS) is 14.2. The Morgan fingerprint density at radius 1 is 0.429 bits per heavy atom. The van der Waals surface area contributed by atoms with Crippen molar-refractivity contribution >= 4 is 33.5 Å². The summed E-state index contributed by atoms with van der Waals surface area (Å²) < 4.78 is 2.35. The summed E-state index contributed by atoms with van der Waals surface area (Å²) >= 11 is 0. The number of nitrogens with one attached hydrogen (secondary N) is 1. The van der Waals surface area contributed by atoms with Crippen molar-refractivity contribution in [2.24, 2.45) is 9.98 Å². The molecule has 56 heavy (non-hydrogen) atoms. The largest absolute Gasteiger partial charge is 0.344 e. The number of hydrogen-bond donors (Lipinski definition) is 1. The first kappa shape index (κ1) is 33.3. The Morgan fingerprint density at radius 3 is 1.59 bits per heavy atom. The van der Waals surface area contributed by atoms with E-state index in [1.165, 1.54) is 33.0 Å². The number of rotatable bonds is 8. The zero-order valence-electron chi connectivity index (χ0n) is 30.7. The lowest BCUT2D eigenvalue weighted by molar-refractivity contribution is 0.674. The summed E-state index contributed by atoms with van der Waals surface area (Å²) in [6, 6.07) is 77.6. The van der Waals surface area contributed by atoms with Gasteiger partial charge in [0.25, 0.3) is 0 Å². The first-order valence-electron chi connectivity index (χ1n) is 19.1. The van der Waals surface area contributed by atoms with Gasteiger partial charge in [0.2, 0.25) is 0 Å². The smallest absolute Gasteiger partial charge is 0.159 e. The molecule has 0 saturated carbocycles. The fourth-order valence-electron chi connectivity index (χ4n) is 8.46. The fraction of sp³-hybridized carbons (Fsp3) is 0.0385. The molecule has 1 aliphatic rings. The summed E-state index contributed by atoms with van der Waals surface area (Å²) in [6.07, 6.45) is -0.369. The molecule has 0 radical (unpaired) electrons. The van der Waals surface area contributed by atoms with Crippen molar-refractivity contribution in [2.75, 3.05) is 0 Å². The molecule has 1 aromatic heterocycles. The van der Waals surface area contributed by atoms with Gasteiger partial charge in [-0.25, -0.2) is 9.98 Å². The van der Waals surface area contributed by atoms with Crippen LogP contribution >= 0.6 is 0 Å². The van der Waals surface area contributed by atoms with Crippen LogP contribution in [0.2, 0.25) is 0 Å². The average Bonchev–Trinajstić information content (AvgIpc) is 3.62. The lowest BCUT2D eigenvalue weighted by Crippen LogP contribution is -2.35. The van der Waals surface area contributed by atoms with Crippen LogP contribution in [-0.2, 0) is 5.41 Å². The second kappa shape index (κ2) is 14.2. The lowest BCUT2D eigenvalue weighted by Gasteiger charge is -2.37. The van der Waals surface area contributed by atoms with E-state index >= 15 is 0 Å². The molecule has 1 N–H and O–H groups in total. The summed E-state index contributed by atoms with van der Waals surface area (Å²) in [6.45, 7) is 0. The maximum absolute atomic E-state index is 5.28. The van der Waals surface area contributed by atoms with Crippen molar-refractivity contribution in [3.05, 3.63) is 257 Å². The van der Waals surface area contributed by atoms with Crippen molar-refractivity contribution in [3.8, 4) is 5.69 Å². The van der Waals surface area contributed by atoms with Crippen molar-refractivity contribution in [1.82, 2.24) is 9.88 Å². The van der Waals surface area contributed by atoms with Crippen LogP contribution in [0, 0.1) is 0 Å². The molecule has 4 heteroatoms. The van der Waals surface area contributed by atoms with Crippen LogP contribution in [0.3, 0.4) is 0 Å². The van der Waals surface area contributed by atoms with Gasteiger partial charge in [0.1, 0.15) is 12.0 Å². The van der Waals surface area contributed by atoms with E-state index < -0.39 is 5.41 Å². The molecule has 0 aliphatic carbocycles. The van der Waals surface area contributed by atoms with Crippen LogP contribution < -0.4 is 5.32 Å². The van der Waals surface area contributed by atoms with Crippen molar-refractivity contribution in [2.45, 2.75) is 11.6 Å². The Bertz CT molecular complexity index is 2760. The highest BCUT2D eigenvalue weighted by Crippen LogP contribution is 2.45. The van der Waals surface area contributed by atoms with E-state index in [0.717, 1.165) is 39.3 Å². The first-order valence-corrected chi connectivity index (χ1v) is 19.1. The van der Waals surface area contributed by atoms with Gasteiger partial charge in [0.15, 0.2) is 5.84 Å². The Labute approximate surface area is 326 Å². The van der Waals surface area contributed by atoms with E-state index in [4.69, 9.17) is 9.98 Å². The third-order valence-corrected chi connectivity index (χ3v) is 11.0. The molecule has 1 aliphatic heterocycles. The number of aliphatic imine (C=N–C) groups is 2. The Hall–Kier alpha value is -7.30. The topological polar surface area (TPSA) is 41.7 Å². The highest BCUT2D eigenvalue weighted by Gasteiger charge is 2.38. The van der Waals surface area contributed by atoms with Gasteiger partial charge in [-0.1, -0.05) is 182 Å². The fourth-order valence-corrected chi connectivity index (χ4v) is 8.46. The van der Waals surface area contributed by atoms with E-state index in [9.17, 15) is 0 Å². The molecule has 266 valence electrons. The second-order valence-electron chi connectivity index (χ2n) is 14.2. The van der Waals surface area contributed by atoms with Crippen LogP contribution in [0.4, 0.5) is 0 Å². The average molecular weight is 719 g/mol. The maximum Gasteiger partial charge on any atom is 0.159 e. The minimum atomic E-state index is -0.581. The molecule has 1 atom stereocenters. The summed E-state index contributed by atoms with van der Waals surface area (Å²) in [5, 5.41) is 6.18. The third kappa shape index (κ3) is 5.71. The number of aromatic nitrogens is 1. The molecule has 0 bridgehead atoms. The standard InChI is InChI=1S/C52H38N4/c1-6-19-37(20-7-1)49-53-50(55-51(54-49)39-33-34-48-46(36-39)45-31-16-17-32-47(45)56(48)44-29-14-5-15-30-44)38-21-18-28-43(35-38)52(40-22-8-2-9-23-40,41-24-10-3-11-25-41)42-26-12-4-13-27-42/h1-36,51H,(H,53,54,55). The molecule has 0 saturated heterocycles. The monoisotopic (exact) mass is 718 g/mol. The van der Waals surface area contributed by atoms with E-state index in [1.54, 1.807) is 0 Å². The van der Waals surface area contributed by atoms with Gasteiger partial charge in [-0.2, -0.15) is 0 Å². The molecule has 0 fully saturated rings. The van der Waals surface area contributed by atoms with E-state index in [0.29, 0.717) is 5.84 Å². The van der Waals surface area contributed by atoms with Crippen molar-refractivity contribution in [3.63, 3.8) is 0 Å². The SMILES string of the molecule is c1ccc(C2=NC(c3ccc4c(c3)c3ccccc3n4-c3ccccc3)NC(c3cccc(C(c4ccccc4)(c4ccccc4)c4ccccc4)c3)=N2)cc1. The van der Waals surface area contributed by atoms with Crippen LogP contribution in [-0.4, -0.2) is 16.2 Å².